The van der Waals surface area contributed by atoms with E-state index in [4.69, 9.17) is 0 Å². The Bertz CT molecular complexity index is 499. The number of hydrogen-bond acceptors (Lipinski definition) is 3. The number of carbonyl (C=O) groups excluding carboxylic acids is 1. The number of amides is 1. The highest BCUT2D eigenvalue weighted by molar-refractivity contribution is 7.80. The topological polar surface area (TPSA) is 23.6 Å². The first-order chi connectivity index (χ1) is 10.3. The summed E-state index contributed by atoms with van der Waals surface area (Å²) in [6.07, 6.45) is 4.63. The molecule has 114 valence electrons. The quantitative estimate of drug-likeness (QED) is 0.865. The van der Waals surface area contributed by atoms with Crippen LogP contribution in [0, 0.1) is 5.92 Å². The Morgan fingerprint density at radius 2 is 2.00 bits per heavy atom. The predicted octanol–water partition coefficient (Wildman–Crippen LogP) is 2.96. The number of anilines is 1. The molecule has 2 fully saturated rings. The second-order valence-corrected chi connectivity index (χ2v) is 6.63. The lowest BCUT2D eigenvalue weighted by molar-refractivity contribution is -0.117. The number of hydrogen-bond donors (Lipinski definition) is 1. The molecule has 1 aromatic rings. The first kappa shape index (κ1) is 14.9. The van der Waals surface area contributed by atoms with E-state index in [0.29, 0.717) is 12.3 Å². The number of piperidine rings is 1. The molecular weight excluding hydrogens is 280 g/mol. The van der Waals surface area contributed by atoms with E-state index in [-0.39, 0.29) is 5.91 Å². The van der Waals surface area contributed by atoms with Crippen LogP contribution in [0.3, 0.4) is 0 Å². The van der Waals surface area contributed by atoms with E-state index in [2.05, 4.69) is 41.8 Å². The Hall–Kier alpha value is -1.00. The summed E-state index contributed by atoms with van der Waals surface area (Å²) in [5, 5.41) is 0. The molecule has 2 saturated heterocycles. The van der Waals surface area contributed by atoms with E-state index < -0.39 is 0 Å². The standard InChI is InChI=1S/C17H24N2OS/c20-17-10-15(13-21)12-19(17)16-6-4-5-14(9-16)11-18-7-2-1-3-8-18/h4-6,9,15,21H,1-3,7-8,10-13H2. The molecule has 1 aromatic carbocycles. The summed E-state index contributed by atoms with van der Waals surface area (Å²) in [5.41, 5.74) is 2.37. The Kier molecular flexibility index (Phi) is 4.86. The third-order valence-corrected chi connectivity index (χ3v) is 5.06. The van der Waals surface area contributed by atoms with Crippen LogP contribution in [0.1, 0.15) is 31.2 Å². The van der Waals surface area contributed by atoms with Crippen LogP contribution in [0.15, 0.2) is 24.3 Å². The fraction of sp³-hybridized carbons (Fsp3) is 0.588. The van der Waals surface area contributed by atoms with Crippen LogP contribution in [0.2, 0.25) is 0 Å². The van der Waals surface area contributed by atoms with Gasteiger partial charge in [0, 0.05) is 25.2 Å². The van der Waals surface area contributed by atoms with Gasteiger partial charge >= 0.3 is 0 Å². The maximum Gasteiger partial charge on any atom is 0.227 e. The number of rotatable bonds is 4. The maximum absolute atomic E-state index is 12.1. The van der Waals surface area contributed by atoms with Crippen molar-refractivity contribution >= 4 is 24.2 Å². The minimum absolute atomic E-state index is 0.240. The van der Waals surface area contributed by atoms with Crippen molar-refractivity contribution < 1.29 is 4.79 Å². The molecule has 0 spiro atoms. The summed E-state index contributed by atoms with van der Waals surface area (Å²) >= 11 is 4.33. The van der Waals surface area contributed by atoms with Crippen molar-refractivity contribution in [2.45, 2.75) is 32.2 Å². The van der Waals surface area contributed by atoms with Crippen molar-refractivity contribution in [3.8, 4) is 0 Å². The first-order valence-corrected chi connectivity index (χ1v) is 8.62. The zero-order chi connectivity index (χ0) is 14.7. The first-order valence-electron chi connectivity index (χ1n) is 7.99. The van der Waals surface area contributed by atoms with Crippen molar-refractivity contribution in [1.29, 1.82) is 0 Å². The van der Waals surface area contributed by atoms with E-state index >= 15 is 0 Å². The van der Waals surface area contributed by atoms with Crippen molar-refractivity contribution in [3.05, 3.63) is 29.8 Å². The van der Waals surface area contributed by atoms with Crippen LogP contribution in [0.5, 0.6) is 0 Å². The summed E-state index contributed by atoms with van der Waals surface area (Å²) in [4.78, 5) is 16.6. The molecule has 0 bridgehead atoms. The maximum atomic E-state index is 12.1. The van der Waals surface area contributed by atoms with Crippen LogP contribution in [0.25, 0.3) is 0 Å². The van der Waals surface area contributed by atoms with Gasteiger partial charge in [0.05, 0.1) is 0 Å². The molecule has 0 N–H and O–H groups in total. The van der Waals surface area contributed by atoms with Gasteiger partial charge in [-0.25, -0.2) is 0 Å². The molecule has 0 radical (unpaired) electrons. The van der Waals surface area contributed by atoms with E-state index in [9.17, 15) is 4.79 Å². The largest absolute Gasteiger partial charge is 0.312 e. The second-order valence-electron chi connectivity index (χ2n) is 6.26. The summed E-state index contributed by atoms with van der Waals surface area (Å²) in [6, 6.07) is 8.50. The van der Waals surface area contributed by atoms with Gasteiger partial charge in [-0.05, 0) is 55.3 Å². The molecule has 3 nitrogen and oxygen atoms in total. The molecule has 2 aliphatic rings. The Morgan fingerprint density at radius 1 is 1.19 bits per heavy atom. The SMILES string of the molecule is O=C1CC(CS)CN1c1cccc(CN2CCCCC2)c1. The summed E-state index contributed by atoms with van der Waals surface area (Å²) in [7, 11) is 0. The third-order valence-electron chi connectivity index (χ3n) is 4.54. The van der Waals surface area contributed by atoms with Crippen molar-refractivity contribution in [3.63, 3.8) is 0 Å². The van der Waals surface area contributed by atoms with Crippen LogP contribution in [-0.4, -0.2) is 36.2 Å². The number of benzene rings is 1. The zero-order valence-electron chi connectivity index (χ0n) is 12.5. The van der Waals surface area contributed by atoms with Gasteiger partial charge in [0.2, 0.25) is 5.91 Å². The lowest BCUT2D eigenvalue weighted by Crippen LogP contribution is -2.29. The number of nitrogens with zero attached hydrogens (tertiary/aromatic N) is 2. The van der Waals surface area contributed by atoms with Crippen LogP contribution >= 0.6 is 12.6 Å². The highest BCUT2D eigenvalue weighted by atomic mass is 32.1. The average molecular weight is 304 g/mol. The van der Waals surface area contributed by atoms with Crippen LogP contribution in [0.4, 0.5) is 5.69 Å². The second kappa shape index (κ2) is 6.84. The molecule has 2 heterocycles. The number of carbonyl (C=O) groups is 1. The van der Waals surface area contributed by atoms with Crippen LogP contribution < -0.4 is 4.90 Å². The number of thiol groups is 1. The van der Waals surface area contributed by atoms with E-state index in [1.165, 1.54) is 37.9 Å². The molecule has 0 aliphatic carbocycles. The lowest BCUT2D eigenvalue weighted by atomic mass is 10.1. The summed E-state index contributed by atoms with van der Waals surface area (Å²) in [5.74, 6) is 1.42. The van der Waals surface area contributed by atoms with Gasteiger partial charge in [-0.1, -0.05) is 18.6 Å². The van der Waals surface area contributed by atoms with Crippen molar-refractivity contribution in [2.24, 2.45) is 5.92 Å². The predicted molar refractivity (Wildman–Crippen MR) is 89.9 cm³/mol. The minimum atomic E-state index is 0.240. The molecule has 1 amide bonds. The fourth-order valence-corrected chi connectivity index (χ4v) is 3.60. The molecule has 4 heteroatoms. The van der Waals surface area contributed by atoms with Crippen molar-refractivity contribution in [1.82, 2.24) is 4.90 Å². The van der Waals surface area contributed by atoms with Crippen molar-refractivity contribution in [2.75, 3.05) is 30.3 Å². The zero-order valence-corrected chi connectivity index (χ0v) is 13.4. The third kappa shape index (κ3) is 3.61. The number of likely N-dealkylation sites (tertiary alicyclic amines) is 1. The van der Waals surface area contributed by atoms with Gasteiger partial charge in [-0.15, -0.1) is 0 Å². The highest BCUT2D eigenvalue weighted by Crippen LogP contribution is 2.27. The monoisotopic (exact) mass is 304 g/mol. The van der Waals surface area contributed by atoms with Gasteiger partial charge in [0.15, 0.2) is 0 Å². The normalized spacial score (nSPS) is 23.8. The molecular formula is C17H24N2OS. The Morgan fingerprint density at radius 3 is 2.71 bits per heavy atom. The van der Waals surface area contributed by atoms with Gasteiger partial charge < -0.3 is 4.90 Å². The molecule has 0 aromatic heterocycles. The van der Waals surface area contributed by atoms with E-state index in [1.807, 2.05) is 4.90 Å². The smallest absolute Gasteiger partial charge is 0.227 e. The molecule has 21 heavy (non-hydrogen) atoms. The summed E-state index contributed by atoms with van der Waals surface area (Å²) < 4.78 is 0. The molecule has 2 aliphatic heterocycles. The van der Waals surface area contributed by atoms with Crippen LogP contribution in [-0.2, 0) is 11.3 Å². The average Bonchev–Trinajstić information content (AvgIpc) is 2.90. The molecule has 1 unspecified atom stereocenters. The van der Waals surface area contributed by atoms with Gasteiger partial charge in [-0.2, -0.15) is 12.6 Å². The highest BCUT2D eigenvalue weighted by Gasteiger charge is 2.29. The van der Waals surface area contributed by atoms with E-state index in [1.54, 1.807) is 0 Å². The Balaban J connectivity index is 1.69. The minimum Gasteiger partial charge on any atom is -0.312 e. The van der Waals surface area contributed by atoms with Gasteiger partial charge in [-0.3, -0.25) is 9.69 Å². The molecule has 1 atom stereocenters. The van der Waals surface area contributed by atoms with Gasteiger partial charge in [0.25, 0.3) is 0 Å². The molecule has 3 rings (SSSR count). The lowest BCUT2D eigenvalue weighted by Gasteiger charge is -2.27. The fourth-order valence-electron chi connectivity index (χ4n) is 3.35. The molecule has 0 saturated carbocycles. The summed E-state index contributed by atoms with van der Waals surface area (Å²) in [6.45, 7) is 4.23. The van der Waals surface area contributed by atoms with E-state index in [0.717, 1.165) is 24.5 Å². The van der Waals surface area contributed by atoms with Gasteiger partial charge in [0.1, 0.15) is 0 Å². The Labute approximate surface area is 132 Å².